The predicted molar refractivity (Wildman–Crippen MR) is 210 cm³/mol. The largest absolute Gasteiger partial charge is 0.472 e. The molecule has 0 saturated carbocycles. The number of nitrogens with two attached hydrogens (primary N) is 1. The van der Waals surface area contributed by atoms with Gasteiger partial charge >= 0.3 is 19.8 Å². The molecule has 0 heterocycles. The molecule has 0 rings (SSSR count). The molecular formula is C41H76NO8P. The van der Waals surface area contributed by atoms with Crippen molar-refractivity contribution < 1.29 is 37.6 Å². The molecule has 2 atom stereocenters. The summed E-state index contributed by atoms with van der Waals surface area (Å²) in [4.78, 5) is 34.6. The highest BCUT2D eigenvalue weighted by molar-refractivity contribution is 7.47. The second-order valence-corrected chi connectivity index (χ2v) is 15.0. The summed E-state index contributed by atoms with van der Waals surface area (Å²) in [5, 5.41) is 0. The van der Waals surface area contributed by atoms with E-state index in [2.05, 4.69) is 19.9 Å². The topological polar surface area (TPSA) is 134 Å². The minimum atomic E-state index is -4.40. The van der Waals surface area contributed by atoms with Crippen LogP contribution in [0, 0.1) is 0 Å². The average Bonchev–Trinajstić information content (AvgIpc) is 3.11. The van der Waals surface area contributed by atoms with Crippen LogP contribution < -0.4 is 5.73 Å². The summed E-state index contributed by atoms with van der Waals surface area (Å²) in [5.74, 6) is -1.14. The second kappa shape index (κ2) is 38.0. The highest BCUT2D eigenvalue weighted by atomic mass is 31.2. The fraction of sp³-hybridized carbons (Fsp3) is 0.805. The zero-order valence-corrected chi connectivity index (χ0v) is 33.5. The van der Waals surface area contributed by atoms with Crippen LogP contribution in [0.3, 0.4) is 0 Å². The Labute approximate surface area is 312 Å². The molecule has 9 nitrogen and oxygen atoms in total. The maximum atomic E-state index is 12.5. The van der Waals surface area contributed by atoms with Crippen LogP contribution in [0.25, 0.3) is 0 Å². The Bertz CT molecular complexity index is 939. The SMILES string of the molecule is CCCCCCCCCCCCC/C=C/C=C/C(=O)OC[C@H](COP(=O)(O)OCCN)OC(=O)CC/C=C/CCCCCCCCCCCCC. The quantitative estimate of drug-likeness (QED) is 0.0158. The third-order valence-corrected chi connectivity index (χ3v) is 9.60. The first-order chi connectivity index (χ1) is 24.8. The van der Waals surface area contributed by atoms with Crippen molar-refractivity contribution >= 4 is 19.8 Å². The van der Waals surface area contributed by atoms with Gasteiger partial charge in [-0.1, -0.05) is 173 Å². The van der Waals surface area contributed by atoms with Gasteiger partial charge in [0.2, 0.25) is 0 Å². The first-order valence-corrected chi connectivity index (χ1v) is 22.0. The van der Waals surface area contributed by atoms with Gasteiger partial charge in [0.1, 0.15) is 6.61 Å². The van der Waals surface area contributed by atoms with Crippen LogP contribution in [-0.4, -0.2) is 49.3 Å². The molecule has 0 aromatic heterocycles. The van der Waals surface area contributed by atoms with E-state index in [0.29, 0.717) is 6.42 Å². The number of carbonyl (C=O) groups is 2. The lowest BCUT2D eigenvalue weighted by molar-refractivity contribution is -0.159. The van der Waals surface area contributed by atoms with Gasteiger partial charge in [-0.15, -0.1) is 0 Å². The normalized spacial score (nSPS) is 13.7. The van der Waals surface area contributed by atoms with E-state index in [1.165, 1.54) is 134 Å². The molecule has 0 radical (unpaired) electrons. The van der Waals surface area contributed by atoms with E-state index in [4.69, 9.17) is 24.3 Å². The monoisotopic (exact) mass is 742 g/mol. The number of phosphoric acid groups is 1. The Morgan fingerprint density at radius 3 is 1.61 bits per heavy atom. The summed E-state index contributed by atoms with van der Waals surface area (Å²) in [6.45, 7) is 3.56. The zero-order valence-electron chi connectivity index (χ0n) is 32.6. The smallest absolute Gasteiger partial charge is 0.458 e. The van der Waals surface area contributed by atoms with E-state index in [1.54, 1.807) is 6.08 Å². The third-order valence-electron chi connectivity index (χ3n) is 8.62. The van der Waals surface area contributed by atoms with Gasteiger partial charge in [0.25, 0.3) is 0 Å². The van der Waals surface area contributed by atoms with Crippen LogP contribution in [0.5, 0.6) is 0 Å². The first-order valence-electron chi connectivity index (χ1n) is 20.5. The fourth-order valence-corrected chi connectivity index (χ4v) is 6.33. The standard InChI is InChI=1S/C41H76NO8P/c1-3-5-7-9-11-13-15-17-19-21-23-25-27-29-31-33-40(43)47-37-39(38-49-51(45,46)48-36-35-42)50-41(44)34-32-30-28-26-24-22-20-18-16-14-12-10-8-6-4-2/h27-31,33,39H,3-26,32,34-38,42H2,1-2H3,(H,45,46)/b29-27+,30-28+,33-31+/t39-/m1/s1. The molecule has 0 aromatic carbocycles. The maximum absolute atomic E-state index is 12.5. The van der Waals surface area contributed by atoms with Gasteiger partial charge in [-0.2, -0.15) is 0 Å². The van der Waals surface area contributed by atoms with Crippen LogP contribution in [0.2, 0.25) is 0 Å². The minimum Gasteiger partial charge on any atom is -0.458 e. The summed E-state index contributed by atoms with van der Waals surface area (Å²) in [6, 6.07) is 0. The van der Waals surface area contributed by atoms with E-state index in [-0.39, 0.29) is 26.2 Å². The lowest BCUT2D eigenvalue weighted by Gasteiger charge is -2.19. The van der Waals surface area contributed by atoms with Crippen LogP contribution in [0.1, 0.15) is 181 Å². The predicted octanol–water partition coefficient (Wildman–Crippen LogP) is 11.4. The van der Waals surface area contributed by atoms with Crippen LogP contribution in [-0.2, 0) is 32.7 Å². The van der Waals surface area contributed by atoms with Gasteiger partial charge in [-0.3, -0.25) is 13.8 Å². The fourth-order valence-electron chi connectivity index (χ4n) is 5.57. The number of allylic oxidation sites excluding steroid dienone is 5. The summed E-state index contributed by atoms with van der Waals surface area (Å²) in [5.41, 5.74) is 5.33. The number of unbranched alkanes of at least 4 members (excludes halogenated alkanes) is 22. The third kappa shape index (κ3) is 37.8. The van der Waals surface area contributed by atoms with Gasteiger partial charge in [0.15, 0.2) is 6.10 Å². The molecule has 0 amide bonds. The van der Waals surface area contributed by atoms with Crippen molar-refractivity contribution in [2.24, 2.45) is 5.73 Å². The molecule has 3 N–H and O–H groups in total. The lowest BCUT2D eigenvalue weighted by Crippen LogP contribution is -2.29. The maximum Gasteiger partial charge on any atom is 0.472 e. The van der Waals surface area contributed by atoms with E-state index in [1.807, 2.05) is 18.2 Å². The highest BCUT2D eigenvalue weighted by Crippen LogP contribution is 2.43. The number of hydrogen-bond donors (Lipinski definition) is 2. The van der Waals surface area contributed by atoms with E-state index < -0.39 is 32.5 Å². The number of esters is 2. The number of rotatable bonds is 38. The van der Waals surface area contributed by atoms with E-state index in [0.717, 1.165) is 25.7 Å². The van der Waals surface area contributed by atoms with Crippen molar-refractivity contribution in [2.45, 2.75) is 187 Å². The molecule has 1 unspecified atom stereocenters. The molecule has 51 heavy (non-hydrogen) atoms. The molecule has 0 bridgehead atoms. The highest BCUT2D eigenvalue weighted by Gasteiger charge is 2.25. The van der Waals surface area contributed by atoms with Gasteiger partial charge < -0.3 is 20.1 Å². The Hall–Kier alpha value is -1.77. The van der Waals surface area contributed by atoms with Crippen LogP contribution in [0.4, 0.5) is 0 Å². The molecule has 0 saturated heterocycles. The van der Waals surface area contributed by atoms with Crippen molar-refractivity contribution in [3.63, 3.8) is 0 Å². The molecule has 10 heteroatoms. The van der Waals surface area contributed by atoms with Crippen molar-refractivity contribution in [2.75, 3.05) is 26.4 Å². The van der Waals surface area contributed by atoms with Crippen molar-refractivity contribution in [1.82, 2.24) is 0 Å². The summed E-state index contributed by atoms with van der Waals surface area (Å²) >= 11 is 0. The van der Waals surface area contributed by atoms with Gasteiger partial charge in [-0.25, -0.2) is 9.36 Å². The van der Waals surface area contributed by atoms with Crippen molar-refractivity contribution in [3.8, 4) is 0 Å². The van der Waals surface area contributed by atoms with Crippen molar-refractivity contribution in [3.05, 3.63) is 36.5 Å². The molecular weight excluding hydrogens is 665 g/mol. The Morgan fingerprint density at radius 2 is 1.10 bits per heavy atom. The summed E-state index contributed by atoms with van der Waals surface area (Å²) in [7, 11) is -4.40. The van der Waals surface area contributed by atoms with Gasteiger partial charge in [0.05, 0.1) is 13.2 Å². The molecule has 0 spiro atoms. The molecule has 0 aliphatic heterocycles. The van der Waals surface area contributed by atoms with Gasteiger partial charge in [-0.05, 0) is 32.1 Å². The molecule has 298 valence electrons. The summed E-state index contributed by atoms with van der Waals surface area (Å²) < 4.78 is 32.5. The van der Waals surface area contributed by atoms with Gasteiger partial charge in [0, 0.05) is 19.0 Å². The Kier molecular flexibility index (Phi) is 36.7. The van der Waals surface area contributed by atoms with E-state index in [9.17, 15) is 19.0 Å². The Morgan fingerprint density at radius 1 is 0.627 bits per heavy atom. The average molecular weight is 742 g/mol. The van der Waals surface area contributed by atoms with Crippen LogP contribution in [0.15, 0.2) is 36.5 Å². The number of phosphoric ester groups is 1. The number of ether oxygens (including phenoxy) is 2. The number of hydrogen-bond acceptors (Lipinski definition) is 8. The lowest BCUT2D eigenvalue weighted by atomic mass is 10.1. The van der Waals surface area contributed by atoms with Crippen molar-refractivity contribution in [1.29, 1.82) is 0 Å². The zero-order chi connectivity index (χ0) is 37.5. The van der Waals surface area contributed by atoms with Crippen LogP contribution >= 0.6 is 7.82 Å². The summed E-state index contributed by atoms with van der Waals surface area (Å²) in [6.07, 6.45) is 41.1. The van der Waals surface area contributed by atoms with E-state index >= 15 is 0 Å². The molecule has 0 aromatic rings. The molecule has 0 aliphatic carbocycles. The number of carbonyl (C=O) groups excluding carboxylic acids is 2. The Balaban J connectivity index is 4.32. The second-order valence-electron chi connectivity index (χ2n) is 13.6. The minimum absolute atomic E-state index is 0.0385. The first kappa shape index (κ1) is 49.2. The molecule has 0 fully saturated rings. The molecule has 0 aliphatic rings.